The number of carbonyl (C=O) groups excluding carboxylic acids is 1. The number of nitrogens with zero attached hydrogens (tertiary/aromatic N) is 4. The number of nitrogens with one attached hydrogen (secondary N) is 1. The number of hydrogen-bond donors (Lipinski definition) is 2. The highest BCUT2D eigenvalue weighted by Crippen LogP contribution is 2.30. The van der Waals surface area contributed by atoms with E-state index in [0.717, 1.165) is 6.42 Å². The van der Waals surface area contributed by atoms with Crippen LogP contribution in [0.1, 0.15) is 50.4 Å². The van der Waals surface area contributed by atoms with Crippen LogP contribution in [0.15, 0.2) is 71.0 Å². The molecule has 0 aliphatic carbocycles. The van der Waals surface area contributed by atoms with Gasteiger partial charge in [0, 0.05) is 51.6 Å². The summed E-state index contributed by atoms with van der Waals surface area (Å²) in [7, 11) is -4.69. The van der Waals surface area contributed by atoms with Crippen LogP contribution >= 0.6 is 0 Å². The number of fused-ring (bicyclic) bond motifs is 1. The number of aliphatic hydroxyl groups excluding tert-OH is 1. The number of aliphatic hydroxyl groups is 1. The summed E-state index contributed by atoms with van der Waals surface area (Å²) < 4.78 is 70.6. The highest BCUT2D eigenvalue weighted by molar-refractivity contribution is 7.92. The molecular weight excluding hydrogens is 647 g/mol. The third-order valence-electron chi connectivity index (χ3n) is 8.15. The molecule has 1 amide bonds. The van der Waals surface area contributed by atoms with Gasteiger partial charge in [-0.25, -0.2) is 21.8 Å². The molecule has 4 atom stereocenters. The molecule has 0 saturated carbocycles. The summed E-state index contributed by atoms with van der Waals surface area (Å²) in [6, 6.07) is 11.8. The number of amides is 1. The Bertz CT molecular complexity index is 1720. The number of aryl methyl sites for hydroxylation is 1. The molecule has 0 spiro atoms. The number of ether oxygens (including phenoxy) is 2. The quantitative estimate of drug-likeness (QED) is 0.343. The summed E-state index contributed by atoms with van der Waals surface area (Å²) in [5.74, 6) is -0.564. The van der Waals surface area contributed by atoms with E-state index in [-0.39, 0.29) is 52.9 Å². The molecule has 0 unspecified atom stereocenters. The van der Waals surface area contributed by atoms with Crippen LogP contribution in [0.25, 0.3) is 0 Å². The molecule has 2 N–H and O–H groups in total. The van der Waals surface area contributed by atoms with Gasteiger partial charge in [-0.15, -0.1) is 0 Å². The van der Waals surface area contributed by atoms with Crippen LogP contribution in [0.4, 0.5) is 5.69 Å². The van der Waals surface area contributed by atoms with Crippen LogP contribution in [-0.4, -0.2) is 98.2 Å². The van der Waals surface area contributed by atoms with Gasteiger partial charge in [-0.3, -0.25) is 9.52 Å². The summed E-state index contributed by atoms with van der Waals surface area (Å²) in [5, 5.41) is 10.1. The lowest BCUT2D eigenvalue weighted by Gasteiger charge is -2.35. The Morgan fingerprint density at radius 3 is 2.49 bits per heavy atom. The van der Waals surface area contributed by atoms with Gasteiger partial charge in [0.15, 0.2) is 5.03 Å². The van der Waals surface area contributed by atoms with Gasteiger partial charge in [0.25, 0.3) is 26.0 Å². The molecule has 13 nitrogen and oxygen atoms in total. The van der Waals surface area contributed by atoms with Gasteiger partial charge in [-0.2, -0.15) is 4.31 Å². The SMILES string of the molecule is C[C@H](CO)N1C[C@H](C)[C@H](CN(C)S(=O)(=O)c2cn(C)cn2)OCCCC[C@H](C)Oc2ccc(NS(=O)(=O)c3ccccc3)cc2C1=O. The zero-order valence-corrected chi connectivity index (χ0v) is 29.1. The zero-order valence-electron chi connectivity index (χ0n) is 27.4. The number of imidazole rings is 1. The molecule has 258 valence electrons. The van der Waals surface area contributed by atoms with Gasteiger partial charge in [0.1, 0.15) is 5.75 Å². The minimum absolute atomic E-state index is 0.0110. The third-order valence-corrected chi connectivity index (χ3v) is 11.3. The molecule has 3 aromatic rings. The van der Waals surface area contributed by atoms with Crippen molar-refractivity contribution in [1.29, 1.82) is 0 Å². The number of carbonyl (C=O) groups is 1. The first-order valence-corrected chi connectivity index (χ1v) is 18.5. The summed E-state index contributed by atoms with van der Waals surface area (Å²) in [6.45, 7) is 5.62. The van der Waals surface area contributed by atoms with Gasteiger partial charge >= 0.3 is 0 Å². The molecule has 4 rings (SSSR count). The molecule has 2 heterocycles. The Morgan fingerprint density at radius 1 is 1.11 bits per heavy atom. The summed E-state index contributed by atoms with van der Waals surface area (Å²) in [5.41, 5.74) is 0.299. The van der Waals surface area contributed by atoms with E-state index < -0.39 is 38.1 Å². The highest BCUT2D eigenvalue weighted by atomic mass is 32.2. The average molecular weight is 692 g/mol. The van der Waals surface area contributed by atoms with Crippen molar-refractivity contribution >= 4 is 31.6 Å². The van der Waals surface area contributed by atoms with Crippen molar-refractivity contribution in [3.63, 3.8) is 0 Å². The van der Waals surface area contributed by atoms with E-state index in [1.165, 1.54) is 47.0 Å². The number of anilines is 1. The predicted octanol–water partition coefficient (Wildman–Crippen LogP) is 3.34. The van der Waals surface area contributed by atoms with Crippen molar-refractivity contribution < 1.29 is 36.2 Å². The standard InChI is InChI=1S/C32H45N5O8S2/c1-23-18-37(24(2)21-38)32(39)28-17-26(34-46(40,41)27-12-7-6-8-13-27)14-15-29(28)45-25(3)11-9-10-16-44-30(23)19-36(5)47(42,43)31-20-35(4)22-33-31/h6-8,12-15,17,20,22-25,30,34,38H,9-11,16,18-19,21H2,1-5H3/t23-,24+,25-,30-/m0/s1. The normalized spacial score (nSPS) is 21.0. The summed E-state index contributed by atoms with van der Waals surface area (Å²) >= 11 is 0. The summed E-state index contributed by atoms with van der Waals surface area (Å²) in [6.07, 6.45) is 4.10. The molecule has 15 heteroatoms. The van der Waals surface area contributed by atoms with Gasteiger partial charge in [-0.1, -0.05) is 25.1 Å². The largest absolute Gasteiger partial charge is 0.490 e. The number of hydrogen-bond acceptors (Lipinski definition) is 9. The average Bonchev–Trinajstić information content (AvgIpc) is 3.49. The molecule has 47 heavy (non-hydrogen) atoms. The highest BCUT2D eigenvalue weighted by Gasteiger charge is 2.33. The molecule has 0 radical (unpaired) electrons. The molecular formula is C32H45N5O8S2. The molecule has 2 aromatic carbocycles. The lowest BCUT2D eigenvalue weighted by Crippen LogP contribution is -2.48. The van der Waals surface area contributed by atoms with Crippen LogP contribution in [0.3, 0.4) is 0 Å². The van der Waals surface area contributed by atoms with E-state index in [1.807, 2.05) is 13.8 Å². The number of benzene rings is 2. The molecule has 1 aromatic heterocycles. The van der Waals surface area contributed by atoms with Crippen LogP contribution < -0.4 is 9.46 Å². The van der Waals surface area contributed by atoms with E-state index in [2.05, 4.69) is 9.71 Å². The number of sulfonamides is 2. The van der Waals surface area contributed by atoms with Crippen LogP contribution in [0.5, 0.6) is 5.75 Å². The monoisotopic (exact) mass is 691 g/mol. The lowest BCUT2D eigenvalue weighted by molar-refractivity contribution is -0.00835. The molecule has 0 fully saturated rings. The molecule has 1 aliphatic heterocycles. The van der Waals surface area contributed by atoms with Crippen molar-refractivity contribution in [2.75, 3.05) is 38.1 Å². The second-order valence-corrected chi connectivity index (χ2v) is 15.8. The fourth-order valence-electron chi connectivity index (χ4n) is 5.30. The van der Waals surface area contributed by atoms with Gasteiger partial charge in [0.05, 0.1) is 41.6 Å². The second kappa shape index (κ2) is 15.6. The first kappa shape index (κ1) is 36.3. The molecule has 0 bridgehead atoms. The zero-order chi connectivity index (χ0) is 34.4. The van der Waals surface area contributed by atoms with Crippen molar-refractivity contribution in [2.24, 2.45) is 13.0 Å². The number of likely N-dealkylation sites (N-methyl/N-ethyl adjacent to an activating group) is 1. The fourth-order valence-corrected chi connectivity index (χ4v) is 7.51. The summed E-state index contributed by atoms with van der Waals surface area (Å²) in [4.78, 5) is 19.9. The topological polar surface area (TPSA) is 160 Å². The first-order valence-electron chi connectivity index (χ1n) is 15.6. The molecule has 1 aliphatic rings. The molecule has 0 saturated heterocycles. The van der Waals surface area contributed by atoms with E-state index in [9.17, 15) is 26.7 Å². The smallest absolute Gasteiger partial charge is 0.261 e. The van der Waals surface area contributed by atoms with Gasteiger partial charge in [-0.05, 0) is 63.4 Å². The van der Waals surface area contributed by atoms with Crippen LogP contribution in [0, 0.1) is 5.92 Å². The number of rotatable bonds is 9. The second-order valence-electron chi connectivity index (χ2n) is 12.1. The Labute approximate surface area is 277 Å². The Hall–Kier alpha value is -3.50. The maximum atomic E-state index is 14.3. The minimum atomic E-state index is -3.94. The van der Waals surface area contributed by atoms with Crippen LogP contribution in [-0.2, 0) is 31.8 Å². The minimum Gasteiger partial charge on any atom is -0.490 e. The Kier molecular flexibility index (Phi) is 12.1. The third kappa shape index (κ3) is 9.11. The maximum Gasteiger partial charge on any atom is 0.261 e. The van der Waals surface area contributed by atoms with Gasteiger partial charge in [0.2, 0.25) is 0 Å². The Balaban J connectivity index is 1.68. The van der Waals surface area contributed by atoms with Crippen molar-refractivity contribution in [2.45, 2.75) is 68.2 Å². The van der Waals surface area contributed by atoms with Crippen LogP contribution in [0.2, 0.25) is 0 Å². The van der Waals surface area contributed by atoms with Crippen molar-refractivity contribution in [3.8, 4) is 5.75 Å². The Morgan fingerprint density at radius 2 is 1.83 bits per heavy atom. The fraction of sp³-hybridized carbons (Fsp3) is 0.500. The van der Waals surface area contributed by atoms with E-state index in [1.54, 1.807) is 48.9 Å². The lowest BCUT2D eigenvalue weighted by atomic mass is 10.0. The first-order chi connectivity index (χ1) is 22.2. The van der Waals surface area contributed by atoms with Gasteiger partial charge < -0.3 is 24.0 Å². The van der Waals surface area contributed by atoms with E-state index in [0.29, 0.717) is 25.2 Å². The van der Waals surface area contributed by atoms with Crippen molar-refractivity contribution in [3.05, 3.63) is 66.6 Å². The predicted molar refractivity (Wildman–Crippen MR) is 177 cm³/mol. The maximum absolute atomic E-state index is 14.3. The van der Waals surface area contributed by atoms with E-state index >= 15 is 0 Å². The number of aromatic nitrogens is 2. The van der Waals surface area contributed by atoms with Crippen molar-refractivity contribution in [1.82, 2.24) is 18.8 Å². The van der Waals surface area contributed by atoms with E-state index in [4.69, 9.17) is 9.47 Å².